The molecule has 0 aromatic heterocycles. The zero-order valence-corrected chi connectivity index (χ0v) is 22.8. The Morgan fingerprint density at radius 3 is 2.41 bits per heavy atom. The minimum atomic E-state index is -0.796. The number of nitrogens with one attached hydrogen (secondary N) is 2. The van der Waals surface area contributed by atoms with Gasteiger partial charge in [0.2, 0.25) is 0 Å². The molecule has 3 rings (SSSR count). The van der Waals surface area contributed by atoms with Crippen molar-refractivity contribution in [2.75, 3.05) is 13.7 Å². The molecule has 37 heavy (non-hydrogen) atoms. The van der Waals surface area contributed by atoms with Crippen LogP contribution in [-0.2, 0) is 11.4 Å². The zero-order valence-electron chi connectivity index (χ0n) is 21.2. The first-order valence-electron chi connectivity index (χ1n) is 11.7. The summed E-state index contributed by atoms with van der Waals surface area (Å²) in [6.07, 6.45) is 1.49. The molecule has 0 aliphatic rings. The molecule has 194 valence electrons. The van der Waals surface area contributed by atoms with E-state index in [0.29, 0.717) is 46.1 Å². The monoisotopic (exact) mass is 567 g/mol. The summed E-state index contributed by atoms with van der Waals surface area (Å²) in [6.45, 7) is 6.35. The quantitative estimate of drug-likeness (QED) is 0.250. The molecule has 0 spiro atoms. The Morgan fingerprint density at radius 2 is 1.76 bits per heavy atom. The molecule has 2 N–H and O–H groups in total. The van der Waals surface area contributed by atoms with E-state index in [4.69, 9.17) is 14.2 Å². The van der Waals surface area contributed by atoms with Gasteiger partial charge >= 0.3 is 0 Å². The maximum atomic E-state index is 12.4. The van der Waals surface area contributed by atoms with Gasteiger partial charge in [-0.1, -0.05) is 29.8 Å². The van der Waals surface area contributed by atoms with Crippen LogP contribution in [0, 0.1) is 6.92 Å². The Kier molecular flexibility index (Phi) is 10.1. The van der Waals surface area contributed by atoms with Crippen LogP contribution in [0.15, 0.2) is 70.2 Å². The van der Waals surface area contributed by atoms with Gasteiger partial charge in [0.15, 0.2) is 11.5 Å². The third-order valence-corrected chi connectivity index (χ3v) is 5.91. The van der Waals surface area contributed by atoms with Gasteiger partial charge in [-0.3, -0.25) is 9.59 Å². The molecule has 0 saturated carbocycles. The van der Waals surface area contributed by atoms with Crippen molar-refractivity contribution >= 4 is 34.0 Å². The number of carbonyl (C=O) groups is 2. The number of amides is 2. The Morgan fingerprint density at radius 1 is 1.05 bits per heavy atom. The molecule has 0 bridgehead atoms. The van der Waals surface area contributed by atoms with Gasteiger partial charge in [-0.15, -0.1) is 0 Å². The normalized spacial score (nSPS) is 11.6. The smallest absolute Gasteiger partial charge is 0.262 e. The fourth-order valence-electron chi connectivity index (χ4n) is 3.26. The molecule has 0 fully saturated rings. The first-order valence-corrected chi connectivity index (χ1v) is 12.5. The summed E-state index contributed by atoms with van der Waals surface area (Å²) in [5.41, 5.74) is 5.79. The van der Waals surface area contributed by atoms with E-state index in [2.05, 4.69) is 31.8 Å². The van der Waals surface area contributed by atoms with E-state index >= 15 is 0 Å². The number of aryl methyl sites for hydroxylation is 1. The van der Waals surface area contributed by atoms with Crippen molar-refractivity contribution < 1.29 is 23.8 Å². The fraction of sp³-hybridized carbons (Fsp3) is 0.250. The zero-order chi connectivity index (χ0) is 26.8. The highest BCUT2D eigenvalue weighted by Crippen LogP contribution is 2.37. The van der Waals surface area contributed by atoms with Crippen LogP contribution in [-0.4, -0.2) is 37.8 Å². The lowest BCUT2D eigenvalue weighted by molar-refractivity contribution is -0.122. The van der Waals surface area contributed by atoms with Gasteiger partial charge in [0.25, 0.3) is 11.8 Å². The SMILES string of the molecule is CCOc1cc(C=NNC(=O)C(C)NC(=O)c2ccc(OC)cc2)cc(Br)c1OCc1ccc(C)cc1. The molecular weight excluding hydrogens is 538 g/mol. The van der Waals surface area contributed by atoms with Crippen LogP contribution in [0.3, 0.4) is 0 Å². The minimum Gasteiger partial charge on any atom is -0.497 e. The summed E-state index contributed by atoms with van der Waals surface area (Å²) >= 11 is 3.55. The van der Waals surface area contributed by atoms with E-state index in [1.807, 2.05) is 44.2 Å². The highest BCUT2D eigenvalue weighted by Gasteiger charge is 2.17. The van der Waals surface area contributed by atoms with E-state index in [1.54, 1.807) is 44.4 Å². The Labute approximate surface area is 225 Å². The molecule has 0 aliphatic heterocycles. The standard InChI is InChI=1S/C28H30BrN3O5/c1-5-36-25-15-21(14-24(29)26(25)37-17-20-8-6-18(2)7-9-20)16-30-32-27(33)19(3)31-28(34)22-10-12-23(35-4)13-11-22/h6-16,19H,5,17H2,1-4H3,(H,31,34)(H,32,33). The molecule has 3 aromatic rings. The van der Waals surface area contributed by atoms with Gasteiger partial charge in [-0.25, -0.2) is 5.43 Å². The van der Waals surface area contributed by atoms with Crippen molar-refractivity contribution in [2.24, 2.45) is 5.10 Å². The van der Waals surface area contributed by atoms with Crippen molar-refractivity contribution in [2.45, 2.75) is 33.4 Å². The average Bonchev–Trinajstić information content (AvgIpc) is 2.89. The number of benzene rings is 3. The van der Waals surface area contributed by atoms with Gasteiger partial charge in [0.1, 0.15) is 18.4 Å². The second-order valence-electron chi connectivity index (χ2n) is 8.20. The first-order chi connectivity index (χ1) is 17.8. The van der Waals surface area contributed by atoms with E-state index in [-0.39, 0.29) is 5.91 Å². The lowest BCUT2D eigenvalue weighted by Crippen LogP contribution is -2.43. The lowest BCUT2D eigenvalue weighted by atomic mass is 10.1. The molecule has 1 unspecified atom stereocenters. The van der Waals surface area contributed by atoms with Crippen LogP contribution in [0.2, 0.25) is 0 Å². The Balaban J connectivity index is 1.60. The molecule has 1 atom stereocenters. The number of hydrazone groups is 1. The van der Waals surface area contributed by atoms with E-state index < -0.39 is 11.9 Å². The van der Waals surface area contributed by atoms with Crippen LogP contribution >= 0.6 is 15.9 Å². The molecule has 3 aromatic carbocycles. The number of methoxy groups -OCH3 is 1. The lowest BCUT2D eigenvalue weighted by Gasteiger charge is -2.15. The maximum Gasteiger partial charge on any atom is 0.262 e. The average molecular weight is 568 g/mol. The highest BCUT2D eigenvalue weighted by atomic mass is 79.9. The molecular formula is C28H30BrN3O5. The maximum absolute atomic E-state index is 12.4. The number of ether oxygens (including phenoxy) is 3. The van der Waals surface area contributed by atoms with Gasteiger partial charge in [-0.2, -0.15) is 5.10 Å². The van der Waals surface area contributed by atoms with Gasteiger partial charge < -0.3 is 19.5 Å². The van der Waals surface area contributed by atoms with Gasteiger partial charge in [0, 0.05) is 5.56 Å². The van der Waals surface area contributed by atoms with Crippen LogP contribution in [0.25, 0.3) is 0 Å². The fourth-order valence-corrected chi connectivity index (χ4v) is 3.83. The van der Waals surface area contributed by atoms with Crippen molar-refractivity contribution in [3.63, 3.8) is 0 Å². The van der Waals surface area contributed by atoms with Gasteiger partial charge in [0.05, 0.1) is 24.4 Å². The molecule has 0 aliphatic carbocycles. The molecule has 0 saturated heterocycles. The second kappa shape index (κ2) is 13.5. The molecule has 0 heterocycles. The summed E-state index contributed by atoms with van der Waals surface area (Å²) in [7, 11) is 1.55. The minimum absolute atomic E-state index is 0.374. The number of hydrogen-bond acceptors (Lipinski definition) is 6. The first kappa shape index (κ1) is 27.7. The van der Waals surface area contributed by atoms with Crippen LogP contribution < -0.4 is 25.0 Å². The number of rotatable bonds is 11. The largest absolute Gasteiger partial charge is 0.497 e. The third-order valence-electron chi connectivity index (χ3n) is 5.32. The van der Waals surface area contributed by atoms with Crippen molar-refractivity contribution in [3.05, 3.63) is 87.4 Å². The predicted octanol–water partition coefficient (Wildman–Crippen LogP) is 5.01. The summed E-state index contributed by atoms with van der Waals surface area (Å²) in [5.74, 6) is 0.943. The number of halogens is 1. The Hall–Kier alpha value is -3.85. The van der Waals surface area contributed by atoms with E-state index in [9.17, 15) is 9.59 Å². The topological polar surface area (TPSA) is 98.2 Å². The number of carbonyl (C=O) groups excluding carboxylic acids is 2. The van der Waals surface area contributed by atoms with Gasteiger partial charge in [-0.05, 0) is 84.2 Å². The van der Waals surface area contributed by atoms with E-state index in [1.165, 1.54) is 11.8 Å². The Bertz CT molecular complexity index is 1240. The molecule has 2 amide bonds. The highest BCUT2D eigenvalue weighted by molar-refractivity contribution is 9.10. The summed E-state index contributed by atoms with van der Waals surface area (Å²) in [6, 6.07) is 17.5. The molecule has 0 radical (unpaired) electrons. The van der Waals surface area contributed by atoms with Crippen molar-refractivity contribution in [1.82, 2.24) is 10.7 Å². The molecule has 9 heteroatoms. The van der Waals surface area contributed by atoms with Crippen LogP contribution in [0.4, 0.5) is 0 Å². The summed E-state index contributed by atoms with van der Waals surface area (Å²) in [5, 5.41) is 6.67. The summed E-state index contributed by atoms with van der Waals surface area (Å²) < 4.78 is 17.6. The number of hydrogen-bond donors (Lipinski definition) is 2. The van der Waals surface area contributed by atoms with E-state index in [0.717, 1.165) is 5.56 Å². The second-order valence-corrected chi connectivity index (χ2v) is 9.05. The summed E-state index contributed by atoms with van der Waals surface area (Å²) in [4.78, 5) is 24.8. The molecule has 8 nitrogen and oxygen atoms in total. The van der Waals surface area contributed by atoms with Crippen LogP contribution in [0.5, 0.6) is 17.2 Å². The predicted molar refractivity (Wildman–Crippen MR) is 146 cm³/mol. The van der Waals surface area contributed by atoms with Crippen LogP contribution in [0.1, 0.15) is 40.9 Å². The number of nitrogens with zero attached hydrogens (tertiary/aromatic N) is 1. The van der Waals surface area contributed by atoms with Crippen molar-refractivity contribution in [1.29, 1.82) is 0 Å². The third kappa shape index (κ3) is 8.08. The van der Waals surface area contributed by atoms with Crippen molar-refractivity contribution in [3.8, 4) is 17.2 Å².